The summed E-state index contributed by atoms with van der Waals surface area (Å²) in [5.74, 6) is 0.682. The number of rotatable bonds is 5. The van der Waals surface area contributed by atoms with Gasteiger partial charge in [-0.2, -0.15) is 0 Å². The van der Waals surface area contributed by atoms with Crippen molar-refractivity contribution in [3.05, 3.63) is 66.6 Å². The molecule has 4 rings (SSSR count). The van der Waals surface area contributed by atoms with Gasteiger partial charge < -0.3 is 8.83 Å². The highest BCUT2D eigenvalue weighted by Crippen LogP contribution is 2.39. The molecule has 0 saturated carbocycles. The van der Waals surface area contributed by atoms with Gasteiger partial charge in [0.25, 0.3) is 5.91 Å². The highest BCUT2D eigenvalue weighted by molar-refractivity contribution is 7.90. The summed E-state index contributed by atoms with van der Waals surface area (Å²) < 4.78 is 34.3. The third-order valence-electron chi connectivity index (χ3n) is 3.87. The molecule has 28 heavy (non-hydrogen) atoms. The minimum Gasteiger partial charge on any atom is -0.463 e. The first-order chi connectivity index (χ1) is 13.4. The Labute approximate surface area is 164 Å². The Hall–Kier alpha value is -3.17. The van der Waals surface area contributed by atoms with Crippen molar-refractivity contribution < 1.29 is 22.0 Å². The molecule has 0 fully saturated rings. The van der Waals surface area contributed by atoms with Gasteiger partial charge in [0.15, 0.2) is 20.7 Å². The zero-order chi connectivity index (χ0) is 19.7. The van der Waals surface area contributed by atoms with Crippen LogP contribution in [0.2, 0.25) is 0 Å². The molecule has 0 radical (unpaired) electrons. The van der Waals surface area contributed by atoms with Crippen LogP contribution in [0, 0.1) is 0 Å². The molecule has 1 N–H and O–H groups in total. The maximum Gasteiger partial charge on any atom is 0.257 e. The maximum absolute atomic E-state index is 12.6. The van der Waals surface area contributed by atoms with Crippen LogP contribution >= 0.6 is 11.3 Å². The first-order valence-electron chi connectivity index (χ1n) is 8.12. The molecule has 0 bridgehead atoms. The number of furan rings is 2. The van der Waals surface area contributed by atoms with Crippen LogP contribution in [0.3, 0.4) is 0 Å². The van der Waals surface area contributed by atoms with Crippen LogP contribution in [0.15, 0.2) is 74.8 Å². The second-order valence-electron chi connectivity index (χ2n) is 5.91. The summed E-state index contributed by atoms with van der Waals surface area (Å²) in [6.45, 7) is 0. The predicted octanol–water partition coefficient (Wildman–Crippen LogP) is 4.32. The number of carbonyl (C=O) groups excluding carboxylic acids is 1. The number of anilines is 1. The lowest BCUT2D eigenvalue weighted by atomic mass is 10.2. The summed E-state index contributed by atoms with van der Waals surface area (Å²) in [4.78, 5) is 17.8. The average Bonchev–Trinajstić information content (AvgIpc) is 3.41. The number of hydrogen-bond acceptors (Lipinski definition) is 7. The number of nitrogens with zero attached hydrogens (tertiary/aromatic N) is 1. The normalized spacial score (nSPS) is 11.5. The van der Waals surface area contributed by atoms with Gasteiger partial charge in [-0.3, -0.25) is 10.1 Å². The zero-order valence-corrected chi connectivity index (χ0v) is 16.2. The van der Waals surface area contributed by atoms with E-state index in [1.165, 1.54) is 35.8 Å². The summed E-state index contributed by atoms with van der Waals surface area (Å²) in [5.41, 5.74) is 0.766. The van der Waals surface area contributed by atoms with Crippen LogP contribution in [0.5, 0.6) is 0 Å². The van der Waals surface area contributed by atoms with E-state index < -0.39 is 15.7 Å². The van der Waals surface area contributed by atoms with Crippen molar-refractivity contribution >= 4 is 32.2 Å². The van der Waals surface area contributed by atoms with Crippen LogP contribution in [0.4, 0.5) is 5.13 Å². The average molecular weight is 414 g/mol. The molecular weight excluding hydrogens is 400 g/mol. The maximum atomic E-state index is 12.6. The van der Waals surface area contributed by atoms with Crippen LogP contribution in [-0.4, -0.2) is 25.6 Å². The molecule has 1 aromatic carbocycles. The van der Waals surface area contributed by atoms with E-state index in [0.29, 0.717) is 27.2 Å². The Balaban J connectivity index is 1.67. The second-order valence-corrected chi connectivity index (χ2v) is 8.92. The van der Waals surface area contributed by atoms with Gasteiger partial charge in [-0.1, -0.05) is 17.4 Å². The van der Waals surface area contributed by atoms with Crippen molar-refractivity contribution in [2.24, 2.45) is 0 Å². The third kappa shape index (κ3) is 3.62. The molecule has 0 spiro atoms. The zero-order valence-electron chi connectivity index (χ0n) is 14.6. The van der Waals surface area contributed by atoms with Gasteiger partial charge in [0.2, 0.25) is 0 Å². The molecule has 0 aliphatic heterocycles. The lowest BCUT2D eigenvalue weighted by Crippen LogP contribution is -2.12. The van der Waals surface area contributed by atoms with Crippen LogP contribution in [0.25, 0.3) is 22.1 Å². The minimum absolute atomic E-state index is 0.0758. The fraction of sp³-hybridized carbons (Fsp3) is 0.0526. The first kappa shape index (κ1) is 18.2. The fourth-order valence-corrected chi connectivity index (χ4v) is 4.17. The summed E-state index contributed by atoms with van der Waals surface area (Å²) in [5, 5.41) is 3.05. The smallest absolute Gasteiger partial charge is 0.257 e. The monoisotopic (exact) mass is 414 g/mol. The first-order valence-corrected chi connectivity index (χ1v) is 10.8. The van der Waals surface area contributed by atoms with Crippen molar-refractivity contribution in [2.45, 2.75) is 4.90 Å². The molecule has 0 atom stereocenters. The van der Waals surface area contributed by atoms with E-state index in [2.05, 4.69) is 10.3 Å². The lowest BCUT2D eigenvalue weighted by Gasteiger charge is -2.04. The second kappa shape index (κ2) is 7.10. The van der Waals surface area contributed by atoms with Gasteiger partial charge in [0.05, 0.1) is 17.4 Å². The lowest BCUT2D eigenvalue weighted by molar-refractivity contribution is 0.102. The van der Waals surface area contributed by atoms with E-state index in [0.717, 1.165) is 6.26 Å². The summed E-state index contributed by atoms with van der Waals surface area (Å²) >= 11 is 1.23. The molecule has 0 aliphatic rings. The highest BCUT2D eigenvalue weighted by atomic mass is 32.2. The molecule has 9 heteroatoms. The van der Waals surface area contributed by atoms with Gasteiger partial charge >= 0.3 is 0 Å². The van der Waals surface area contributed by atoms with Crippen molar-refractivity contribution in [1.29, 1.82) is 0 Å². The van der Waals surface area contributed by atoms with E-state index >= 15 is 0 Å². The van der Waals surface area contributed by atoms with Gasteiger partial charge in [0.1, 0.15) is 16.3 Å². The van der Waals surface area contributed by atoms with Gasteiger partial charge in [-0.15, -0.1) is 0 Å². The van der Waals surface area contributed by atoms with Crippen molar-refractivity contribution in [1.82, 2.24) is 4.98 Å². The molecule has 4 aromatic rings. The number of benzene rings is 1. The number of thiazole rings is 1. The molecule has 142 valence electrons. The predicted molar refractivity (Wildman–Crippen MR) is 105 cm³/mol. The Bertz CT molecular complexity index is 1170. The molecule has 0 aliphatic carbocycles. The quantitative estimate of drug-likeness (QED) is 0.522. The Morgan fingerprint density at radius 2 is 1.75 bits per heavy atom. The third-order valence-corrected chi connectivity index (χ3v) is 5.97. The van der Waals surface area contributed by atoms with E-state index in [-0.39, 0.29) is 10.5 Å². The van der Waals surface area contributed by atoms with E-state index in [1.807, 2.05) is 0 Å². The minimum atomic E-state index is -3.41. The van der Waals surface area contributed by atoms with Crippen molar-refractivity contribution in [2.75, 3.05) is 11.6 Å². The van der Waals surface area contributed by atoms with Crippen LogP contribution in [0.1, 0.15) is 10.4 Å². The highest BCUT2D eigenvalue weighted by Gasteiger charge is 2.20. The topological polar surface area (TPSA) is 102 Å². The summed E-state index contributed by atoms with van der Waals surface area (Å²) in [7, 11) is -3.41. The molecule has 0 saturated heterocycles. The molecule has 3 aromatic heterocycles. The van der Waals surface area contributed by atoms with Crippen molar-refractivity contribution in [3.63, 3.8) is 0 Å². The molecule has 7 nitrogen and oxygen atoms in total. The van der Waals surface area contributed by atoms with Crippen LogP contribution in [-0.2, 0) is 9.84 Å². The van der Waals surface area contributed by atoms with Gasteiger partial charge in [-0.25, -0.2) is 13.4 Å². The number of aromatic nitrogens is 1. The van der Waals surface area contributed by atoms with E-state index in [4.69, 9.17) is 8.83 Å². The molecule has 0 unspecified atom stereocenters. The number of hydrogen-bond donors (Lipinski definition) is 1. The van der Waals surface area contributed by atoms with E-state index in [9.17, 15) is 13.2 Å². The van der Waals surface area contributed by atoms with Crippen LogP contribution < -0.4 is 5.32 Å². The molecule has 1 amide bonds. The standard InChI is InChI=1S/C19H14N2O5S2/c1-28(23,24)13-6-2-5-12(11-13)18(22)21-19-20-16(14-7-3-9-25-14)17(27-19)15-8-4-10-26-15/h2-11H,1H3,(H,20,21,22). The molecule has 3 heterocycles. The molecular formula is C19H14N2O5S2. The summed E-state index contributed by atoms with van der Waals surface area (Å²) in [6, 6.07) is 12.9. The van der Waals surface area contributed by atoms with Gasteiger partial charge in [0, 0.05) is 11.8 Å². The SMILES string of the molecule is CS(=O)(=O)c1cccc(C(=O)Nc2nc(-c3ccco3)c(-c3ccco3)s2)c1. The largest absolute Gasteiger partial charge is 0.463 e. The summed E-state index contributed by atoms with van der Waals surface area (Å²) in [6.07, 6.45) is 4.18. The van der Waals surface area contributed by atoms with Crippen molar-refractivity contribution in [3.8, 4) is 22.1 Å². The van der Waals surface area contributed by atoms with E-state index in [1.54, 1.807) is 36.6 Å². The Morgan fingerprint density at radius 3 is 2.39 bits per heavy atom. The fourth-order valence-electron chi connectivity index (χ4n) is 2.57. The van der Waals surface area contributed by atoms with Gasteiger partial charge in [-0.05, 0) is 42.5 Å². The number of carbonyl (C=O) groups is 1. The number of nitrogens with one attached hydrogen (secondary N) is 1. The Morgan fingerprint density at radius 1 is 1.04 bits per heavy atom. The number of sulfone groups is 1. The Kier molecular flexibility index (Phi) is 4.62. The number of amides is 1.